The maximum Gasteiger partial charge on any atom is 0.339 e. The van der Waals surface area contributed by atoms with Crippen molar-refractivity contribution >= 4 is 11.9 Å². The number of carboxylic acids is 2. The highest BCUT2D eigenvalue weighted by molar-refractivity contribution is 5.90. The minimum absolute atomic E-state index is 0.0389. The van der Waals surface area contributed by atoms with Crippen molar-refractivity contribution < 1.29 is 29.0 Å². The highest BCUT2D eigenvalue weighted by Gasteiger charge is 2.21. The Bertz CT molecular complexity index is 681. The van der Waals surface area contributed by atoms with E-state index in [0.29, 0.717) is 22.8 Å². The van der Waals surface area contributed by atoms with Gasteiger partial charge in [0.15, 0.2) is 0 Å². The topological polar surface area (TPSA) is 97.0 Å². The summed E-state index contributed by atoms with van der Waals surface area (Å²) in [5.41, 5.74) is 0.737. The summed E-state index contributed by atoms with van der Waals surface area (Å²) in [5.74, 6) is -0.804. The number of rotatable bonds is 5. The van der Waals surface area contributed by atoms with Crippen molar-refractivity contribution in [1.82, 2.24) is 0 Å². The maximum atomic E-state index is 11.2. The van der Waals surface area contributed by atoms with E-state index < -0.39 is 11.9 Å². The second-order valence-corrected chi connectivity index (χ2v) is 4.49. The van der Waals surface area contributed by atoms with Gasteiger partial charge < -0.3 is 19.4 Å². The largest absolute Gasteiger partial charge is 0.489 e. The summed E-state index contributed by atoms with van der Waals surface area (Å²) >= 11 is 0. The first kappa shape index (κ1) is 14.6. The van der Waals surface area contributed by atoms with Crippen LogP contribution in [-0.2, 0) is 6.61 Å². The Morgan fingerprint density at radius 1 is 1.05 bits per heavy atom. The van der Waals surface area contributed by atoms with Gasteiger partial charge in [0.2, 0.25) is 0 Å². The third kappa shape index (κ3) is 3.05. The summed E-state index contributed by atoms with van der Waals surface area (Å²) in [5, 5.41) is 18.0. The van der Waals surface area contributed by atoms with Gasteiger partial charge in [0.05, 0.1) is 5.56 Å². The highest BCUT2D eigenvalue weighted by Crippen LogP contribution is 2.24. The van der Waals surface area contributed by atoms with Crippen LogP contribution in [0.15, 0.2) is 28.7 Å². The molecule has 0 spiro atoms. The molecule has 0 aliphatic heterocycles. The summed E-state index contributed by atoms with van der Waals surface area (Å²) in [6, 6.07) is 5.88. The normalized spacial score (nSPS) is 10.4. The first-order valence-corrected chi connectivity index (χ1v) is 6.18. The molecule has 6 nitrogen and oxygen atoms in total. The van der Waals surface area contributed by atoms with Gasteiger partial charge in [-0.05, 0) is 38.1 Å². The van der Waals surface area contributed by atoms with Crippen molar-refractivity contribution in [2.75, 3.05) is 0 Å². The van der Waals surface area contributed by atoms with Gasteiger partial charge in [0.1, 0.15) is 29.4 Å². The molecule has 1 aromatic heterocycles. The Balaban J connectivity index is 2.16. The average molecular weight is 290 g/mol. The average Bonchev–Trinajstić information content (AvgIpc) is 2.71. The summed E-state index contributed by atoms with van der Waals surface area (Å²) in [7, 11) is 0. The zero-order valence-electron chi connectivity index (χ0n) is 11.5. The number of hydrogen-bond acceptors (Lipinski definition) is 4. The van der Waals surface area contributed by atoms with Crippen molar-refractivity contribution in [3.63, 3.8) is 0 Å². The first-order valence-electron chi connectivity index (χ1n) is 6.18. The minimum Gasteiger partial charge on any atom is -0.489 e. The van der Waals surface area contributed by atoms with Crippen LogP contribution in [-0.4, -0.2) is 22.2 Å². The predicted molar refractivity (Wildman–Crippen MR) is 72.9 cm³/mol. The number of aromatic carboxylic acids is 2. The second kappa shape index (κ2) is 5.70. The molecule has 2 rings (SSSR count). The summed E-state index contributed by atoms with van der Waals surface area (Å²) in [4.78, 5) is 21.9. The van der Waals surface area contributed by atoms with Crippen LogP contribution in [0.2, 0.25) is 0 Å². The lowest BCUT2D eigenvalue weighted by Gasteiger charge is -2.06. The zero-order valence-corrected chi connectivity index (χ0v) is 11.5. The molecule has 0 amide bonds. The van der Waals surface area contributed by atoms with Crippen LogP contribution in [0, 0.1) is 13.8 Å². The van der Waals surface area contributed by atoms with Crippen LogP contribution in [0.1, 0.15) is 37.8 Å². The van der Waals surface area contributed by atoms with Crippen LogP contribution < -0.4 is 4.74 Å². The lowest BCUT2D eigenvalue weighted by atomic mass is 10.1. The van der Waals surface area contributed by atoms with E-state index in [1.807, 2.05) is 0 Å². The van der Waals surface area contributed by atoms with Crippen LogP contribution in [0.4, 0.5) is 0 Å². The van der Waals surface area contributed by atoms with Crippen molar-refractivity contribution in [2.24, 2.45) is 0 Å². The predicted octanol–water partition coefficient (Wildman–Crippen LogP) is 2.87. The minimum atomic E-state index is -1.07. The Kier molecular flexibility index (Phi) is 3.98. The standard InChI is InChI=1S/C15H14O6/c1-8-12(13(15(18)19)9(2)21-8)7-20-11-5-3-10(4-6-11)14(16)17/h3-6H,7H2,1-2H3,(H,16,17)(H,18,19). The molecular weight excluding hydrogens is 276 g/mol. The molecule has 0 aliphatic rings. The molecule has 21 heavy (non-hydrogen) atoms. The lowest BCUT2D eigenvalue weighted by molar-refractivity contribution is 0.0683. The van der Waals surface area contributed by atoms with Gasteiger partial charge in [0, 0.05) is 5.56 Å². The summed E-state index contributed by atoms with van der Waals surface area (Å²) < 4.78 is 10.8. The zero-order chi connectivity index (χ0) is 15.6. The maximum absolute atomic E-state index is 11.2. The van der Waals surface area contributed by atoms with Gasteiger partial charge in [-0.2, -0.15) is 0 Å². The van der Waals surface area contributed by atoms with Gasteiger partial charge in [-0.3, -0.25) is 0 Å². The number of carboxylic acid groups (broad SMARTS) is 2. The molecule has 6 heteroatoms. The molecule has 0 radical (unpaired) electrons. The molecular formula is C15H14O6. The molecule has 0 fully saturated rings. The van der Waals surface area contributed by atoms with Crippen molar-refractivity contribution in [2.45, 2.75) is 20.5 Å². The quantitative estimate of drug-likeness (QED) is 0.878. The van der Waals surface area contributed by atoms with E-state index >= 15 is 0 Å². The molecule has 2 N–H and O–H groups in total. The van der Waals surface area contributed by atoms with Crippen LogP contribution in [0.25, 0.3) is 0 Å². The van der Waals surface area contributed by atoms with Crippen LogP contribution >= 0.6 is 0 Å². The molecule has 0 aliphatic carbocycles. The molecule has 0 saturated carbocycles. The van der Waals surface area contributed by atoms with Crippen molar-refractivity contribution in [1.29, 1.82) is 0 Å². The van der Waals surface area contributed by atoms with E-state index in [-0.39, 0.29) is 17.7 Å². The SMILES string of the molecule is Cc1oc(C)c(C(=O)O)c1COc1ccc(C(=O)O)cc1. The first-order chi connectivity index (χ1) is 9.90. The number of ether oxygens (including phenoxy) is 1. The Morgan fingerprint density at radius 3 is 2.19 bits per heavy atom. The van der Waals surface area contributed by atoms with E-state index in [1.54, 1.807) is 13.8 Å². The number of benzene rings is 1. The monoisotopic (exact) mass is 290 g/mol. The van der Waals surface area contributed by atoms with Gasteiger partial charge in [0.25, 0.3) is 0 Å². The lowest BCUT2D eigenvalue weighted by Crippen LogP contribution is -2.05. The van der Waals surface area contributed by atoms with E-state index in [2.05, 4.69) is 0 Å². The second-order valence-electron chi connectivity index (χ2n) is 4.49. The van der Waals surface area contributed by atoms with E-state index in [4.69, 9.17) is 14.3 Å². The van der Waals surface area contributed by atoms with Crippen LogP contribution in [0.3, 0.4) is 0 Å². The number of carbonyl (C=O) groups is 2. The summed E-state index contributed by atoms with van der Waals surface area (Å²) in [6.45, 7) is 3.30. The third-order valence-corrected chi connectivity index (χ3v) is 3.08. The number of furan rings is 1. The third-order valence-electron chi connectivity index (χ3n) is 3.08. The molecule has 0 bridgehead atoms. The fourth-order valence-electron chi connectivity index (χ4n) is 2.03. The van der Waals surface area contributed by atoms with E-state index in [0.717, 1.165) is 0 Å². The Labute approximate surface area is 120 Å². The molecule has 1 aromatic carbocycles. The molecule has 1 heterocycles. The Hall–Kier alpha value is -2.76. The smallest absolute Gasteiger partial charge is 0.339 e. The fraction of sp³-hybridized carbons (Fsp3) is 0.200. The molecule has 2 aromatic rings. The molecule has 0 atom stereocenters. The highest BCUT2D eigenvalue weighted by atomic mass is 16.5. The summed E-state index contributed by atoms with van der Waals surface area (Å²) in [6.07, 6.45) is 0. The fourth-order valence-corrected chi connectivity index (χ4v) is 2.03. The van der Waals surface area contributed by atoms with Gasteiger partial charge in [-0.15, -0.1) is 0 Å². The van der Waals surface area contributed by atoms with Gasteiger partial charge in [-0.1, -0.05) is 0 Å². The number of hydrogen-bond donors (Lipinski definition) is 2. The van der Waals surface area contributed by atoms with Crippen molar-refractivity contribution in [3.8, 4) is 5.75 Å². The van der Waals surface area contributed by atoms with Crippen molar-refractivity contribution in [3.05, 3.63) is 52.5 Å². The van der Waals surface area contributed by atoms with Gasteiger partial charge >= 0.3 is 11.9 Å². The van der Waals surface area contributed by atoms with Crippen LogP contribution in [0.5, 0.6) is 5.75 Å². The molecule has 0 saturated heterocycles. The number of aryl methyl sites for hydroxylation is 2. The van der Waals surface area contributed by atoms with Gasteiger partial charge in [-0.25, -0.2) is 9.59 Å². The Morgan fingerprint density at radius 2 is 1.67 bits per heavy atom. The molecule has 110 valence electrons. The van der Waals surface area contributed by atoms with E-state index in [9.17, 15) is 14.7 Å². The van der Waals surface area contributed by atoms with E-state index in [1.165, 1.54) is 24.3 Å². The molecule has 0 unspecified atom stereocenters.